The van der Waals surface area contributed by atoms with Crippen LogP contribution in [0.4, 0.5) is 19.1 Å². The third-order valence-electron chi connectivity index (χ3n) is 8.23. The molecule has 1 aliphatic heterocycles. The van der Waals surface area contributed by atoms with Gasteiger partial charge in [0.25, 0.3) is 5.91 Å². The van der Waals surface area contributed by atoms with Crippen molar-refractivity contribution in [1.82, 2.24) is 14.9 Å². The van der Waals surface area contributed by atoms with E-state index >= 15 is 0 Å². The molecule has 7 nitrogen and oxygen atoms in total. The van der Waals surface area contributed by atoms with Crippen LogP contribution in [-0.4, -0.2) is 59.3 Å². The van der Waals surface area contributed by atoms with Crippen LogP contribution in [0.25, 0.3) is 0 Å². The fraction of sp³-hybridized carbons (Fsp3) is 0.773. The monoisotopic (exact) mass is 486 g/mol. The summed E-state index contributed by atoms with van der Waals surface area (Å²) in [7, 11) is -3.27. The van der Waals surface area contributed by atoms with Gasteiger partial charge in [-0.1, -0.05) is 13.3 Å². The summed E-state index contributed by atoms with van der Waals surface area (Å²) in [6.45, 7) is 1.93. The Hall–Kier alpha value is -1.91. The highest BCUT2D eigenvalue weighted by Gasteiger charge is 2.57. The van der Waals surface area contributed by atoms with Gasteiger partial charge in [0, 0.05) is 24.8 Å². The van der Waals surface area contributed by atoms with Gasteiger partial charge in [0.1, 0.15) is 0 Å². The summed E-state index contributed by atoms with van der Waals surface area (Å²) in [5, 5.41) is 3.29. The Morgan fingerprint density at radius 1 is 1.18 bits per heavy atom. The van der Waals surface area contributed by atoms with Crippen LogP contribution in [-0.2, 0) is 16.0 Å². The third-order valence-corrected chi connectivity index (χ3v) is 9.84. The van der Waals surface area contributed by atoms with E-state index < -0.39 is 33.2 Å². The van der Waals surface area contributed by atoms with Gasteiger partial charge < -0.3 is 10.2 Å². The first-order chi connectivity index (χ1) is 15.4. The summed E-state index contributed by atoms with van der Waals surface area (Å²) in [6.07, 6.45) is 3.50. The van der Waals surface area contributed by atoms with Crippen molar-refractivity contribution in [2.24, 2.45) is 17.3 Å². The minimum absolute atomic E-state index is 0.0895. The van der Waals surface area contributed by atoms with Gasteiger partial charge in [0.15, 0.2) is 15.5 Å². The maximum atomic E-state index is 13.9. The topological polar surface area (TPSA) is 92.3 Å². The Bertz CT molecular complexity index is 1050. The van der Waals surface area contributed by atoms with Gasteiger partial charge in [-0.15, -0.1) is 0 Å². The van der Waals surface area contributed by atoms with Crippen LogP contribution in [0.2, 0.25) is 0 Å². The molecule has 4 bridgehead atoms. The molecule has 0 spiro atoms. The van der Waals surface area contributed by atoms with Crippen LogP contribution in [0.1, 0.15) is 67.9 Å². The molecule has 1 saturated heterocycles. The van der Waals surface area contributed by atoms with E-state index in [2.05, 4.69) is 22.2 Å². The second-order valence-electron chi connectivity index (χ2n) is 10.6. The summed E-state index contributed by atoms with van der Waals surface area (Å²) in [6, 6.07) is 0. The highest BCUT2D eigenvalue weighted by atomic mass is 32.2. The molecule has 11 heteroatoms. The van der Waals surface area contributed by atoms with Crippen molar-refractivity contribution in [3.63, 3.8) is 0 Å². The summed E-state index contributed by atoms with van der Waals surface area (Å²) in [5.74, 6) is -0.333. The average molecular weight is 487 g/mol. The number of amides is 1. The maximum absolute atomic E-state index is 13.9. The number of carbonyl (C=O) groups is 1. The van der Waals surface area contributed by atoms with Gasteiger partial charge in [0.2, 0.25) is 5.95 Å². The lowest BCUT2D eigenvalue weighted by Crippen LogP contribution is -2.59. The highest BCUT2D eigenvalue weighted by molar-refractivity contribution is 7.91. The van der Waals surface area contributed by atoms with Gasteiger partial charge in [-0.05, 0) is 55.8 Å². The quantitative estimate of drug-likeness (QED) is 0.700. The van der Waals surface area contributed by atoms with E-state index in [0.717, 1.165) is 36.8 Å². The number of rotatable bonds is 4. The zero-order valence-corrected chi connectivity index (χ0v) is 19.4. The molecule has 5 aliphatic rings. The molecular formula is C22H29F3N4O3S. The smallest absolute Gasteiger partial charge is 0.349 e. The number of alkyl halides is 3. The van der Waals surface area contributed by atoms with E-state index in [0.29, 0.717) is 11.8 Å². The zero-order chi connectivity index (χ0) is 23.6. The number of carbonyl (C=O) groups excluding carboxylic acids is 1. The molecule has 1 N–H and O–H groups in total. The molecule has 2 heterocycles. The first-order valence-electron chi connectivity index (χ1n) is 11.6. The lowest BCUT2D eigenvalue weighted by molar-refractivity contribution is -0.141. The molecule has 1 aromatic rings. The molecule has 33 heavy (non-hydrogen) atoms. The van der Waals surface area contributed by atoms with Gasteiger partial charge in [0.05, 0.1) is 17.1 Å². The molecule has 4 aliphatic carbocycles. The van der Waals surface area contributed by atoms with E-state index in [-0.39, 0.29) is 41.5 Å². The Balaban J connectivity index is 1.42. The Kier molecular flexibility index (Phi) is 5.23. The molecule has 6 rings (SSSR count). The SMILES string of the molecule is CCC12CC3CC(C1)CC(Nc1ncc(C(=O)N4CCS(=O)(=O)CC4)c(C(F)(F)F)n1)(C3)C2. The first-order valence-corrected chi connectivity index (χ1v) is 13.5. The van der Waals surface area contributed by atoms with Crippen molar-refractivity contribution in [3.05, 3.63) is 17.5 Å². The third kappa shape index (κ3) is 4.21. The first kappa shape index (κ1) is 22.9. The largest absolute Gasteiger partial charge is 0.434 e. The summed E-state index contributed by atoms with van der Waals surface area (Å²) in [5.41, 5.74) is -1.96. The van der Waals surface area contributed by atoms with Crippen LogP contribution < -0.4 is 5.32 Å². The van der Waals surface area contributed by atoms with E-state index in [1.807, 2.05) is 0 Å². The fourth-order valence-electron chi connectivity index (χ4n) is 7.15. The molecule has 1 amide bonds. The molecule has 2 unspecified atom stereocenters. The van der Waals surface area contributed by atoms with Crippen molar-refractivity contribution in [3.8, 4) is 0 Å². The van der Waals surface area contributed by atoms with E-state index in [9.17, 15) is 26.4 Å². The normalized spacial score (nSPS) is 35.0. The van der Waals surface area contributed by atoms with Gasteiger partial charge in [-0.3, -0.25) is 4.79 Å². The lowest BCUT2D eigenvalue weighted by atomic mass is 9.46. The van der Waals surface area contributed by atoms with E-state index in [4.69, 9.17) is 0 Å². The molecule has 0 radical (unpaired) electrons. The van der Waals surface area contributed by atoms with Crippen molar-refractivity contribution in [2.45, 2.75) is 63.6 Å². The number of hydrogen-bond acceptors (Lipinski definition) is 6. The number of nitrogens with one attached hydrogen (secondary N) is 1. The van der Waals surface area contributed by atoms with Crippen LogP contribution >= 0.6 is 0 Å². The van der Waals surface area contributed by atoms with Gasteiger partial charge in [-0.25, -0.2) is 18.4 Å². The Morgan fingerprint density at radius 3 is 2.39 bits per heavy atom. The predicted molar refractivity (Wildman–Crippen MR) is 115 cm³/mol. The molecule has 4 saturated carbocycles. The van der Waals surface area contributed by atoms with Crippen LogP contribution in [0, 0.1) is 17.3 Å². The van der Waals surface area contributed by atoms with Crippen molar-refractivity contribution in [2.75, 3.05) is 29.9 Å². The van der Waals surface area contributed by atoms with Crippen molar-refractivity contribution < 1.29 is 26.4 Å². The number of aromatic nitrogens is 2. The maximum Gasteiger partial charge on any atom is 0.434 e. The van der Waals surface area contributed by atoms with Crippen molar-refractivity contribution >= 4 is 21.7 Å². The number of nitrogens with zero attached hydrogens (tertiary/aromatic N) is 3. The Labute approximate surface area is 191 Å². The molecule has 2 atom stereocenters. The van der Waals surface area contributed by atoms with E-state index in [1.54, 1.807) is 0 Å². The van der Waals surface area contributed by atoms with Crippen LogP contribution in [0.5, 0.6) is 0 Å². The van der Waals surface area contributed by atoms with Crippen LogP contribution in [0.3, 0.4) is 0 Å². The summed E-state index contributed by atoms with van der Waals surface area (Å²) in [4.78, 5) is 21.9. The molecule has 0 aromatic carbocycles. The van der Waals surface area contributed by atoms with Gasteiger partial charge >= 0.3 is 6.18 Å². The minimum Gasteiger partial charge on any atom is -0.349 e. The number of halogens is 3. The number of sulfone groups is 1. The number of anilines is 1. The summed E-state index contributed by atoms with van der Waals surface area (Å²) < 4.78 is 65.0. The molecule has 182 valence electrons. The second kappa shape index (κ2) is 7.55. The summed E-state index contributed by atoms with van der Waals surface area (Å²) >= 11 is 0. The molecule has 1 aromatic heterocycles. The minimum atomic E-state index is -4.83. The van der Waals surface area contributed by atoms with Crippen molar-refractivity contribution in [1.29, 1.82) is 0 Å². The van der Waals surface area contributed by atoms with E-state index in [1.165, 1.54) is 19.3 Å². The fourth-order valence-corrected chi connectivity index (χ4v) is 8.35. The highest BCUT2D eigenvalue weighted by Crippen LogP contribution is 2.63. The van der Waals surface area contributed by atoms with Gasteiger partial charge in [-0.2, -0.15) is 13.2 Å². The zero-order valence-electron chi connectivity index (χ0n) is 18.6. The number of hydrogen-bond donors (Lipinski definition) is 1. The predicted octanol–water partition coefficient (Wildman–Crippen LogP) is 3.53. The second-order valence-corrected chi connectivity index (χ2v) is 12.9. The molecular weight excluding hydrogens is 457 g/mol. The average Bonchev–Trinajstić information content (AvgIpc) is 2.71. The lowest BCUT2D eigenvalue weighted by Gasteiger charge is -2.62. The standard InChI is InChI=1S/C22H29F3N4O3S/c1-2-20-8-14-7-15(9-20)11-21(10-14,13-20)28-19-26-12-16(17(27-19)22(23,24)25)18(30)29-3-5-33(31,32)6-4-29/h12,14-15H,2-11,13H2,1H3,(H,26,27,28). The molecule has 5 fully saturated rings. The van der Waals surface area contributed by atoms with Crippen LogP contribution in [0.15, 0.2) is 6.20 Å². The Morgan fingerprint density at radius 2 is 1.82 bits per heavy atom.